The molecule has 2 saturated carbocycles. The molecule has 2 nitrogen and oxygen atoms in total. The van der Waals surface area contributed by atoms with Crippen molar-refractivity contribution in [1.29, 1.82) is 0 Å². The van der Waals surface area contributed by atoms with Gasteiger partial charge in [0.2, 0.25) is 0 Å². The minimum absolute atomic E-state index is 0.0893. The van der Waals surface area contributed by atoms with Gasteiger partial charge in [-0.15, -0.1) is 0 Å². The topological polar surface area (TPSA) is 23.5 Å². The van der Waals surface area contributed by atoms with Crippen LogP contribution in [0.3, 0.4) is 0 Å². The molecule has 0 amide bonds. The molecule has 28 heavy (non-hydrogen) atoms. The summed E-state index contributed by atoms with van der Waals surface area (Å²) in [6, 6.07) is 21.5. The van der Waals surface area contributed by atoms with Gasteiger partial charge in [-0.05, 0) is 59.6 Å². The van der Waals surface area contributed by atoms with Crippen LogP contribution in [0.1, 0.15) is 51.2 Å². The number of fused-ring (bicyclic) bond motifs is 2. The van der Waals surface area contributed by atoms with Gasteiger partial charge < -0.3 is 5.11 Å². The second-order valence-corrected chi connectivity index (χ2v) is 9.86. The van der Waals surface area contributed by atoms with Gasteiger partial charge in [-0.1, -0.05) is 81.4 Å². The van der Waals surface area contributed by atoms with Crippen molar-refractivity contribution >= 4 is 0 Å². The minimum Gasteiger partial charge on any atom is -0.392 e. The van der Waals surface area contributed by atoms with E-state index in [1.165, 1.54) is 24.0 Å². The summed E-state index contributed by atoms with van der Waals surface area (Å²) in [7, 11) is 0. The van der Waals surface area contributed by atoms with Crippen LogP contribution in [0.2, 0.25) is 0 Å². The number of aliphatic hydroxyl groups excluding tert-OH is 1. The van der Waals surface area contributed by atoms with Gasteiger partial charge in [-0.2, -0.15) is 0 Å². The second-order valence-electron chi connectivity index (χ2n) is 9.86. The molecule has 2 aromatic carbocycles. The van der Waals surface area contributed by atoms with Crippen LogP contribution in [0.25, 0.3) is 0 Å². The number of hydrogen-bond acceptors (Lipinski definition) is 2. The third kappa shape index (κ3) is 3.42. The Morgan fingerprint density at radius 1 is 0.893 bits per heavy atom. The summed E-state index contributed by atoms with van der Waals surface area (Å²) in [5.41, 5.74) is 3.06. The first-order valence-corrected chi connectivity index (χ1v) is 10.9. The Bertz CT molecular complexity index is 730. The summed E-state index contributed by atoms with van der Waals surface area (Å²) >= 11 is 0. The molecule has 2 aliphatic rings. The van der Waals surface area contributed by atoms with E-state index in [-0.39, 0.29) is 16.9 Å². The number of benzene rings is 2. The van der Waals surface area contributed by atoms with E-state index in [4.69, 9.17) is 0 Å². The standard InChI is InChI=1S/C26H35NO/c1-25(2)23-14-16-26(25,3)24(28)22(23)15-17-27(18-20-10-6-4-7-11-20)19-21-12-8-5-9-13-21/h4-13,22-24,28H,14-19H2,1-3H3. The maximum atomic E-state index is 11.1. The maximum absolute atomic E-state index is 11.1. The number of aliphatic hydroxyl groups is 1. The summed E-state index contributed by atoms with van der Waals surface area (Å²) in [4.78, 5) is 2.55. The number of nitrogens with zero attached hydrogens (tertiary/aromatic N) is 1. The van der Waals surface area contributed by atoms with Crippen molar-refractivity contribution in [3.8, 4) is 0 Å². The van der Waals surface area contributed by atoms with E-state index < -0.39 is 0 Å². The van der Waals surface area contributed by atoms with Crippen molar-refractivity contribution in [2.75, 3.05) is 6.54 Å². The average molecular weight is 378 g/mol. The Labute approximate surface area is 170 Å². The fourth-order valence-electron chi connectivity index (χ4n) is 6.12. The van der Waals surface area contributed by atoms with Crippen LogP contribution in [-0.2, 0) is 13.1 Å². The van der Waals surface area contributed by atoms with E-state index in [1.54, 1.807) is 0 Å². The van der Waals surface area contributed by atoms with Crippen molar-refractivity contribution in [3.63, 3.8) is 0 Å². The highest BCUT2D eigenvalue weighted by atomic mass is 16.3. The molecule has 2 bridgehead atoms. The highest BCUT2D eigenvalue weighted by molar-refractivity contribution is 5.18. The largest absolute Gasteiger partial charge is 0.392 e. The molecule has 2 fully saturated rings. The smallest absolute Gasteiger partial charge is 0.0630 e. The first-order chi connectivity index (χ1) is 13.4. The molecule has 4 atom stereocenters. The molecule has 4 rings (SSSR count). The van der Waals surface area contributed by atoms with Gasteiger partial charge in [-0.25, -0.2) is 0 Å². The Hall–Kier alpha value is -1.64. The van der Waals surface area contributed by atoms with E-state index in [0.29, 0.717) is 11.8 Å². The first kappa shape index (κ1) is 19.7. The number of hydrogen-bond donors (Lipinski definition) is 1. The Balaban J connectivity index is 1.47. The zero-order chi connectivity index (χ0) is 19.8. The fraction of sp³-hybridized carbons (Fsp3) is 0.538. The van der Waals surface area contributed by atoms with Gasteiger partial charge in [0.05, 0.1) is 6.10 Å². The van der Waals surface area contributed by atoms with E-state index in [2.05, 4.69) is 86.3 Å². The lowest BCUT2D eigenvalue weighted by Gasteiger charge is -2.37. The first-order valence-electron chi connectivity index (χ1n) is 10.9. The summed E-state index contributed by atoms with van der Waals surface area (Å²) in [6.07, 6.45) is 3.39. The van der Waals surface area contributed by atoms with Crippen LogP contribution in [0, 0.1) is 22.7 Å². The van der Waals surface area contributed by atoms with Crippen molar-refractivity contribution in [2.24, 2.45) is 22.7 Å². The van der Waals surface area contributed by atoms with E-state index in [9.17, 15) is 5.11 Å². The van der Waals surface area contributed by atoms with Gasteiger partial charge in [-0.3, -0.25) is 4.90 Å². The molecule has 0 aromatic heterocycles. The molecule has 0 spiro atoms. The molecule has 0 saturated heterocycles. The van der Waals surface area contributed by atoms with Crippen LogP contribution in [0.5, 0.6) is 0 Å². The van der Waals surface area contributed by atoms with Gasteiger partial charge in [0, 0.05) is 13.1 Å². The van der Waals surface area contributed by atoms with Crippen LogP contribution in [0.15, 0.2) is 60.7 Å². The zero-order valence-electron chi connectivity index (χ0n) is 17.6. The highest BCUT2D eigenvalue weighted by Gasteiger charge is 2.65. The Morgan fingerprint density at radius 3 is 1.89 bits per heavy atom. The summed E-state index contributed by atoms with van der Waals surface area (Å²) < 4.78 is 0. The van der Waals surface area contributed by atoms with Gasteiger partial charge in [0.15, 0.2) is 0 Å². The lowest BCUT2D eigenvalue weighted by atomic mass is 9.70. The van der Waals surface area contributed by atoms with E-state index in [1.807, 2.05) is 0 Å². The molecule has 150 valence electrons. The Kier molecular flexibility index (Phi) is 5.37. The normalized spacial score (nSPS) is 30.8. The summed E-state index contributed by atoms with van der Waals surface area (Å²) in [5.74, 6) is 1.09. The van der Waals surface area contributed by atoms with Crippen molar-refractivity contribution < 1.29 is 5.11 Å². The van der Waals surface area contributed by atoms with Crippen LogP contribution in [-0.4, -0.2) is 22.7 Å². The molecule has 0 aliphatic heterocycles. The third-order valence-corrected chi connectivity index (χ3v) is 8.23. The van der Waals surface area contributed by atoms with Crippen molar-refractivity contribution in [1.82, 2.24) is 4.90 Å². The molecule has 2 aromatic rings. The summed E-state index contributed by atoms with van der Waals surface area (Å²) in [6.45, 7) is 10.1. The molecule has 0 radical (unpaired) electrons. The molecule has 2 aliphatic carbocycles. The average Bonchev–Trinajstić information content (AvgIpc) is 3.01. The lowest BCUT2D eigenvalue weighted by Crippen LogP contribution is -2.38. The molecule has 0 heterocycles. The third-order valence-electron chi connectivity index (χ3n) is 8.23. The second kappa shape index (κ2) is 7.65. The SMILES string of the molecule is CC1(C)C2CCC1(C)C(O)C2CCN(Cc1ccccc1)Cc1ccccc1. The molecular weight excluding hydrogens is 342 g/mol. The van der Waals surface area contributed by atoms with E-state index >= 15 is 0 Å². The monoisotopic (exact) mass is 377 g/mol. The quantitative estimate of drug-likeness (QED) is 0.687. The summed E-state index contributed by atoms with van der Waals surface area (Å²) in [5, 5.41) is 11.1. The highest BCUT2D eigenvalue weighted by Crippen LogP contribution is 2.68. The van der Waals surface area contributed by atoms with Gasteiger partial charge >= 0.3 is 0 Å². The van der Waals surface area contributed by atoms with Crippen LogP contribution >= 0.6 is 0 Å². The van der Waals surface area contributed by atoms with Gasteiger partial charge in [0.25, 0.3) is 0 Å². The predicted octanol–water partition coefficient (Wildman–Crippen LogP) is 5.51. The van der Waals surface area contributed by atoms with Crippen molar-refractivity contribution in [2.45, 2.75) is 59.2 Å². The molecular formula is C26H35NO. The van der Waals surface area contributed by atoms with Crippen molar-refractivity contribution in [3.05, 3.63) is 71.8 Å². The minimum atomic E-state index is -0.156. The van der Waals surface area contributed by atoms with E-state index in [0.717, 1.165) is 26.1 Å². The fourth-order valence-corrected chi connectivity index (χ4v) is 6.12. The maximum Gasteiger partial charge on any atom is 0.0630 e. The zero-order valence-corrected chi connectivity index (χ0v) is 17.6. The lowest BCUT2D eigenvalue weighted by molar-refractivity contribution is -0.0144. The van der Waals surface area contributed by atoms with Gasteiger partial charge in [0.1, 0.15) is 0 Å². The van der Waals surface area contributed by atoms with Crippen LogP contribution < -0.4 is 0 Å². The molecule has 2 heteroatoms. The van der Waals surface area contributed by atoms with Crippen LogP contribution in [0.4, 0.5) is 0 Å². The predicted molar refractivity (Wildman–Crippen MR) is 116 cm³/mol. The molecule has 1 N–H and O–H groups in total. The molecule has 4 unspecified atom stereocenters. The number of rotatable bonds is 7. The Morgan fingerprint density at radius 2 is 1.43 bits per heavy atom.